The molecule has 0 saturated heterocycles. The molecule has 0 heterocycles. The number of hydrogen-bond donors (Lipinski definition) is 0. The highest BCUT2D eigenvalue weighted by Crippen LogP contribution is 2.36. The van der Waals surface area contributed by atoms with Gasteiger partial charge in [-0.05, 0) is 31.0 Å². The Morgan fingerprint density at radius 1 is 0.760 bits per heavy atom. The fourth-order valence-electron chi connectivity index (χ4n) is 2.61. The summed E-state index contributed by atoms with van der Waals surface area (Å²) in [6.07, 6.45) is 14.6. The zero-order valence-electron chi connectivity index (χ0n) is 17.9. The first-order valence-electron chi connectivity index (χ1n) is 10.4. The van der Waals surface area contributed by atoms with Gasteiger partial charge in [0.25, 0.3) is 0 Å². The van der Waals surface area contributed by atoms with Gasteiger partial charge >= 0.3 is 5.97 Å². The highest BCUT2D eigenvalue weighted by molar-refractivity contribution is 6.74. The van der Waals surface area contributed by atoms with Gasteiger partial charge in [-0.25, -0.2) is 0 Å². The summed E-state index contributed by atoms with van der Waals surface area (Å²) in [6.45, 7) is 12.5. The fraction of sp³-hybridized carbons (Fsp3) is 0.952. The number of unbranched alkanes of at least 4 members (excludes halogenated alkanes) is 10. The predicted octanol–water partition coefficient (Wildman–Crippen LogP) is 6.86. The lowest BCUT2D eigenvalue weighted by Crippen LogP contribution is -2.40. The van der Waals surface area contributed by atoms with Crippen LogP contribution in [0.15, 0.2) is 0 Å². The van der Waals surface area contributed by atoms with E-state index in [9.17, 15) is 4.79 Å². The van der Waals surface area contributed by atoms with Crippen LogP contribution in [0.5, 0.6) is 0 Å². The maximum Gasteiger partial charge on any atom is 0.305 e. The van der Waals surface area contributed by atoms with Crippen molar-refractivity contribution < 1.29 is 14.0 Å². The number of rotatable bonds is 15. The smallest absolute Gasteiger partial charge is 0.305 e. The second-order valence-corrected chi connectivity index (χ2v) is 13.6. The molecule has 0 radical (unpaired) electrons. The summed E-state index contributed by atoms with van der Waals surface area (Å²) < 4.78 is 10.9. The molecule has 0 aliphatic rings. The van der Waals surface area contributed by atoms with Crippen molar-refractivity contribution in [1.82, 2.24) is 0 Å². The molecule has 0 aromatic carbocycles. The Kier molecular flexibility index (Phi) is 13.6. The van der Waals surface area contributed by atoms with Crippen LogP contribution < -0.4 is 0 Å². The Bertz CT molecular complexity index is 335. The summed E-state index contributed by atoms with van der Waals surface area (Å²) in [4.78, 5) is 11.0. The van der Waals surface area contributed by atoms with E-state index in [-0.39, 0.29) is 5.97 Å². The van der Waals surface area contributed by atoms with E-state index in [0.717, 1.165) is 19.4 Å². The largest absolute Gasteiger partial charge is 0.469 e. The Labute approximate surface area is 158 Å². The Hall–Kier alpha value is -0.353. The van der Waals surface area contributed by atoms with Crippen molar-refractivity contribution in [2.75, 3.05) is 13.7 Å². The molecule has 0 unspecified atom stereocenters. The van der Waals surface area contributed by atoms with Gasteiger partial charge in [0, 0.05) is 13.0 Å². The van der Waals surface area contributed by atoms with Crippen molar-refractivity contribution in [2.45, 2.75) is 116 Å². The molecule has 0 fully saturated rings. The third-order valence-electron chi connectivity index (χ3n) is 5.52. The maximum atomic E-state index is 11.0. The molecule has 0 aromatic rings. The number of esters is 1. The van der Waals surface area contributed by atoms with E-state index >= 15 is 0 Å². The van der Waals surface area contributed by atoms with Crippen LogP contribution in [0.4, 0.5) is 0 Å². The summed E-state index contributed by atoms with van der Waals surface area (Å²) in [6, 6.07) is 0. The normalized spacial score (nSPS) is 12.4. The summed E-state index contributed by atoms with van der Waals surface area (Å²) in [5.74, 6) is -0.0743. The molecule has 4 heteroatoms. The average Bonchev–Trinajstić information content (AvgIpc) is 2.53. The minimum atomic E-state index is -1.54. The van der Waals surface area contributed by atoms with Crippen LogP contribution in [0.3, 0.4) is 0 Å². The lowest BCUT2D eigenvalue weighted by Gasteiger charge is -2.36. The molecule has 0 aliphatic carbocycles. The number of ether oxygens (including phenoxy) is 1. The molecule has 0 N–H and O–H groups in total. The molecule has 0 aromatic heterocycles. The molecule has 0 atom stereocenters. The zero-order chi connectivity index (χ0) is 19.2. The van der Waals surface area contributed by atoms with E-state index in [0.29, 0.717) is 11.5 Å². The highest BCUT2D eigenvalue weighted by Gasteiger charge is 2.36. The van der Waals surface area contributed by atoms with Gasteiger partial charge in [0.15, 0.2) is 8.32 Å². The first kappa shape index (κ1) is 24.6. The topological polar surface area (TPSA) is 35.5 Å². The number of methoxy groups -OCH3 is 1. The van der Waals surface area contributed by atoms with E-state index in [1.807, 2.05) is 0 Å². The fourth-order valence-corrected chi connectivity index (χ4v) is 3.70. The number of hydrogen-bond acceptors (Lipinski definition) is 3. The van der Waals surface area contributed by atoms with Crippen molar-refractivity contribution >= 4 is 14.3 Å². The molecule has 150 valence electrons. The molecule has 0 saturated carbocycles. The molecule has 0 spiro atoms. The van der Waals surface area contributed by atoms with Gasteiger partial charge in [0.1, 0.15) is 0 Å². The first-order valence-corrected chi connectivity index (χ1v) is 13.3. The van der Waals surface area contributed by atoms with E-state index < -0.39 is 8.32 Å². The van der Waals surface area contributed by atoms with Gasteiger partial charge in [-0.1, -0.05) is 78.6 Å². The van der Waals surface area contributed by atoms with Crippen molar-refractivity contribution in [3.8, 4) is 0 Å². The summed E-state index contributed by atoms with van der Waals surface area (Å²) in [5.41, 5.74) is 0. The minimum Gasteiger partial charge on any atom is -0.469 e. The van der Waals surface area contributed by atoms with Crippen molar-refractivity contribution in [3.05, 3.63) is 0 Å². The van der Waals surface area contributed by atoms with Crippen molar-refractivity contribution in [1.29, 1.82) is 0 Å². The minimum absolute atomic E-state index is 0.0743. The molecule has 0 aliphatic heterocycles. The summed E-state index contributed by atoms with van der Waals surface area (Å²) >= 11 is 0. The lowest BCUT2D eigenvalue weighted by molar-refractivity contribution is -0.140. The third kappa shape index (κ3) is 13.5. The van der Waals surface area contributed by atoms with Crippen LogP contribution in [0.25, 0.3) is 0 Å². The van der Waals surface area contributed by atoms with Crippen LogP contribution in [0, 0.1) is 0 Å². The van der Waals surface area contributed by atoms with Gasteiger partial charge < -0.3 is 9.16 Å². The van der Waals surface area contributed by atoms with Gasteiger partial charge in [-0.2, -0.15) is 0 Å². The summed E-state index contributed by atoms with van der Waals surface area (Å²) in [7, 11) is -0.0773. The Balaban J connectivity index is 3.28. The molecular weight excluding hydrogens is 328 g/mol. The van der Waals surface area contributed by atoms with Gasteiger partial charge in [-0.3, -0.25) is 4.79 Å². The quantitative estimate of drug-likeness (QED) is 0.179. The van der Waals surface area contributed by atoms with E-state index in [1.165, 1.54) is 64.9 Å². The second-order valence-electron chi connectivity index (χ2n) is 8.82. The first-order chi connectivity index (χ1) is 11.7. The lowest BCUT2D eigenvalue weighted by atomic mass is 10.1. The Morgan fingerprint density at radius 3 is 1.56 bits per heavy atom. The maximum absolute atomic E-state index is 11.0. The van der Waals surface area contributed by atoms with E-state index in [2.05, 4.69) is 38.6 Å². The molecule has 0 rings (SSSR count). The van der Waals surface area contributed by atoms with E-state index in [1.54, 1.807) is 0 Å². The average molecular weight is 373 g/mol. The van der Waals surface area contributed by atoms with Crippen LogP contribution in [-0.4, -0.2) is 28.0 Å². The predicted molar refractivity (Wildman–Crippen MR) is 111 cm³/mol. The van der Waals surface area contributed by atoms with Gasteiger partial charge in [-0.15, -0.1) is 0 Å². The van der Waals surface area contributed by atoms with Crippen LogP contribution in [0.2, 0.25) is 18.1 Å². The Morgan fingerprint density at radius 2 is 1.16 bits per heavy atom. The molecule has 0 amide bonds. The standard InChI is InChI=1S/C21H44O3Si/c1-21(2,3)25(5,6)24-19-17-15-13-11-9-7-8-10-12-14-16-18-20(22)23-4/h7-19H2,1-6H3. The van der Waals surface area contributed by atoms with E-state index in [4.69, 9.17) is 4.43 Å². The summed E-state index contributed by atoms with van der Waals surface area (Å²) in [5, 5.41) is 0.326. The number of carbonyl (C=O) groups is 1. The monoisotopic (exact) mass is 372 g/mol. The molecule has 25 heavy (non-hydrogen) atoms. The van der Waals surface area contributed by atoms with Gasteiger partial charge in [0.05, 0.1) is 7.11 Å². The van der Waals surface area contributed by atoms with Crippen LogP contribution in [0.1, 0.15) is 97.8 Å². The van der Waals surface area contributed by atoms with Crippen LogP contribution in [-0.2, 0) is 14.0 Å². The van der Waals surface area contributed by atoms with Crippen molar-refractivity contribution in [2.24, 2.45) is 0 Å². The van der Waals surface area contributed by atoms with Crippen molar-refractivity contribution in [3.63, 3.8) is 0 Å². The van der Waals surface area contributed by atoms with Gasteiger partial charge in [0.2, 0.25) is 0 Å². The highest BCUT2D eigenvalue weighted by atomic mass is 28.4. The second kappa shape index (κ2) is 13.8. The zero-order valence-corrected chi connectivity index (χ0v) is 18.9. The molecule has 3 nitrogen and oxygen atoms in total. The SMILES string of the molecule is COC(=O)CCCCCCCCCCCCCO[Si](C)(C)C(C)(C)C. The third-order valence-corrected chi connectivity index (χ3v) is 10.1. The molecule has 0 bridgehead atoms. The van der Waals surface area contributed by atoms with Crippen LogP contribution >= 0.6 is 0 Å². The number of carbonyl (C=O) groups excluding carboxylic acids is 1. The molecular formula is C21H44O3Si.